The van der Waals surface area contributed by atoms with Crippen molar-refractivity contribution in [3.05, 3.63) is 12.7 Å². The Hall–Kier alpha value is -0.340. The molecule has 0 bridgehead atoms. The van der Waals surface area contributed by atoms with Gasteiger partial charge in [-0.1, -0.05) is 13.0 Å². The van der Waals surface area contributed by atoms with Crippen LogP contribution >= 0.6 is 0 Å². The summed E-state index contributed by atoms with van der Waals surface area (Å²) in [5.41, 5.74) is 5.56. The van der Waals surface area contributed by atoms with E-state index in [9.17, 15) is 0 Å². The normalized spacial score (nSPS) is 13.1. The molecular weight excluding hydrogens is 172 g/mol. The van der Waals surface area contributed by atoms with E-state index in [-0.39, 0.29) is 0 Å². The summed E-state index contributed by atoms with van der Waals surface area (Å²) in [7, 11) is 2.19. The first-order chi connectivity index (χ1) is 6.70. The molecule has 0 spiro atoms. The lowest BCUT2D eigenvalue weighted by Crippen LogP contribution is -2.22. The van der Waals surface area contributed by atoms with Gasteiger partial charge in [0, 0.05) is 0 Å². The Balaban J connectivity index is 3.25. The van der Waals surface area contributed by atoms with Crippen LogP contribution in [0.3, 0.4) is 0 Å². The molecule has 0 fully saturated rings. The van der Waals surface area contributed by atoms with Crippen molar-refractivity contribution >= 4 is 0 Å². The number of rotatable bonds is 9. The molecule has 0 heterocycles. The lowest BCUT2D eigenvalue weighted by molar-refractivity contribution is 0.313. The quantitative estimate of drug-likeness (QED) is 0.455. The molecule has 0 aliphatic rings. The molecule has 0 saturated heterocycles. The van der Waals surface area contributed by atoms with Crippen LogP contribution in [0, 0.1) is 5.92 Å². The van der Waals surface area contributed by atoms with Crippen molar-refractivity contribution in [3.8, 4) is 0 Å². The minimum absolute atomic E-state index is 0.677. The van der Waals surface area contributed by atoms with Gasteiger partial charge in [0.25, 0.3) is 0 Å². The van der Waals surface area contributed by atoms with Gasteiger partial charge in [0.05, 0.1) is 0 Å². The molecule has 14 heavy (non-hydrogen) atoms. The number of allylic oxidation sites excluding steroid dienone is 1. The van der Waals surface area contributed by atoms with E-state index >= 15 is 0 Å². The molecule has 0 aliphatic carbocycles. The predicted molar refractivity (Wildman–Crippen MR) is 64.4 cm³/mol. The van der Waals surface area contributed by atoms with Gasteiger partial charge in [-0.2, -0.15) is 0 Å². The number of unbranched alkanes of at least 4 members (excludes halogenated alkanes) is 1. The van der Waals surface area contributed by atoms with Gasteiger partial charge in [0.2, 0.25) is 0 Å². The number of hydrogen-bond donors (Lipinski definition) is 1. The van der Waals surface area contributed by atoms with Gasteiger partial charge in [0.1, 0.15) is 0 Å². The van der Waals surface area contributed by atoms with E-state index in [0.29, 0.717) is 5.92 Å². The summed E-state index contributed by atoms with van der Waals surface area (Å²) in [5, 5.41) is 0. The first kappa shape index (κ1) is 13.7. The van der Waals surface area contributed by atoms with E-state index < -0.39 is 0 Å². The molecule has 2 heteroatoms. The van der Waals surface area contributed by atoms with E-state index in [1.165, 1.54) is 32.4 Å². The Morgan fingerprint density at radius 3 is 2.57 bits per heavy atom. The van der Waals surface area contributed by atoms with Crippen molar-refractivity contribution in [1.29, 1.82) is 0 Å². The topological polar surface area (TPSA) is 29.3 Å². The molecule has 0 rings (SSSR count). The molecule has 1 atom stereocenters. The van der Waals surface area contributed by atoms with Crippen LogP contribution < -0.4 is 5.73 Å². The molecule has 0 aromatic rings. The van der Waals surface area contributed by atoms with Gasteiger partial charge in [0.15, 0.2) is 0 Å². The Kier molecular flexibility index (Phi) is 9.00. The molecule has 0 amide bonds. The Labute approximate surface area is 89.2 Å². The van der Waals surface area contributed by atoms with Crippen LogP contribution in [-0.2, 0) is 0 Å². The Bertz CT molecular complexity index is 134. The van der Waals surface area contributed by atoms with Gasteiger partial charge in [-0.05, 0) is 58.3 Å². The predicted octanol–water partition coefficient (Wildman–Crippen LogP) is 2.26. The maximum Gasteiger partial charge on any atom is -0.00188 e. The van der Waals surface area contributed by atoms with Gasteiger partial charge < -0.3 is 10.6 Å². The van der Waals surface area contributed by atoms with Crippen molar-refractivity contribution in [2.75, 3.05) is 26.7 Å². The monoisotopic (exact) mass is 198 g/mol. The SMILES string of the molecule is C=CCCCN(C)CCCC(C)CN. The third-order valence-electron chi connectivity index (χ3n) is 2.59. The molecule has 2 nitrogen and oxygen atoms in total. The van der Waals surface area contributed by atoms with Crippen LogP contribution in [0.4, 0.5) is 0 Å². The van der Waals surface area contributed by atoms with E-state index in [2.05, 4.69) is 25.5 Å². The first-order valence-corrected chi connectivity index (χ1v) is 5.70. The van der Waals surface area contributed by atoms with Gasteiger partial charge in [-0.15, -0.1) is 6.58 Å². The molecule has 2 N–H and O–H groups in total. The highest BCUT2D eigenvalue weighted by Gasteiger charge is 2.01. The second-order valence-electron chi connectivity index (χ2n) is 4.22. The molecule has 0 aromatic carbocycles. The van der Waals surface area contributed by atoms with Crippen molar-refractivity contribution in [2.24, 2.45) is 11.7 Å². The maximum absolute atomic E-state index is 5.56. The highest BCUT2D eigenvalue weighted by molar-refractivity contribution is 4.67. The Morgan fingerprint density at radius 2 is 2.00 bits per heavy atom. The highest BCUT2D eigenvalue weighted by atomic mass is 15.1. The van der Waals surface area contributed by atoms with Crippen molar-refractivity contribution in [2.45, 2.75) is 32.6 Å². The van der Waals surface area contributed by atoms with Crippen LogP contribution in [0.25, 0.3) is 0 Å². The summed E-state index contributed by atoms with van der Waals surface area (Å²) >= 11 is 0. The number of nitrogens with two attached hydrogens (primary N) is 1. The van der Waals surface area contributed by atoms with Crippen LogP contribution in [-0.4, -0.2) is 31.6 Å². The summed E-state index contributed by atoms with van der Waals surface area (Å²) in [4.78, 5) is 2.40. The average Bonchev–Trinajstić information content (AvgIpc) is 2.18. The fourth-order valence-electron chi connectivity index (χ4n) is 1.44. The molecular formula is C12H26N2. The largest absolute Gasteiger partial charge is 0.330 e. The third kappa shape index (κ3) is 8.27. The van der Waals surface area contributed by atoms with Crippen LogP contribution in [0.1, 0.15) is 32.6 Å². The third-order valence-corrected chi connectivity index (χ3v) is 2.59. The highest BCUT2D eigenvalue weighted by Crippen LogP contribution is 2.04. The minimum Gasteiger partial charge on any atom is -0.330 e. The summed E-state index contributed by atoms with van der Waals surface area (Å²) in [6.45, 7) is 9.14. The molecule has 0 saturated carbocycles. The number of nitrogens with zero attached hydrogens (tertiary/aromatic N) is 1. The fourth-order valence-corrected chi connectivity index (χ4v) is 1.44. The minimum atomic E-state index is 0.677. The van der Waals surface area contributed by atoms with Gasteiger partial charge >= 0.3 is 0 Å². The first-order valence-electron chi connectivity index (χ1n) is 5.70. The smallest absolute Gasteiger partial charge is 0.00188 e. The van der Waals surface area contributed by atoms with Crippen molar-refractivity contribution < 1.29 is 0 Å². The standard InChI is InChI=1S/C12H26N2/c1-4-5-6-9-14(3)10-7-8-12(2)11-13/h4,12H,1,5-11,13H2,2-3H3. The summed E-state index contributed by atoms with van der Waals surface area (Å²) in [5.74, 6) is 0.677. The Morgan fingerprint density at radius 1 is 1.36 bits per heavy atom. The van der Waals surface area contributed by atoms with E-state index in [4.69, 9.17) is 5.73 Å². The lowest BCUT2D eigenvalue weighted by atomic mass is 10.1. The molecule has 0 aromatic heterocycles. The summed E-state index contributed by atoms with van der Waals surface area (Å²) < 4.78 is 0. The van der Waals surface area contributed by atoms with Crippen molar-refractivity contribution in [1.82, 2.24) is 4.90 Å². The van der Waals surface area contributed by atoms with Crippen LogP contribution in [0.5, 0.6) is 0 Å². The van der Waals surface area contributed by atoms with E-state index in [1.807, 2.05) is 6.08 Å². The number of hydrogen-bond acceptors (Lipinski definition) is 2. The fraction of sp³-hybridized carbons (Fsp3) is 0.833. The maximum atomic E-state index is 5.56. The molecule has 0 radical (unpaired) electrons. The molecule has 84 valence electrons. The van der Waals surface area contributed by atoms with Crippen LogP contribution in [0.15, 0.2) is 12.7 Å². The second kappa shape index (κ2) is 9.22. The zero-order valence-electron chi connectivity index (χ0n) is 9.84. The van der Waals surface area contributed by atoms with Crippen molar-refractivity contribution in [3.63, 3.8) is 0 Å². The molecule has 1 unspecified atom stereocenters. The average molecular weight is 198 g/mol. The van der Waals surface area contributed by atoms with E-state index in [0.717, 1.165) is 13.0 Å². The zero-order chi connectivity index (χ0) is 10.8. The van der Waals surface area contributed by atoms with Crippen LogP contribution in [0.2, 0.25) is 0 Å². The zero-order valence-corrected chi connectivity index (χ0v) is 9.84. The van der Waals surface area contributed by atoms with Gasteiger partial charge in [-0.25, -0.2) is 0 Å². The summed E-state index contributed by atoms with van der Waals surface area (Å²) in [6.07, 6.45) is 6.87. The molecule has 0 aliphatic heterocycles. The lowest BCUT2D eigenvalue weighted by Gasteiger charge is -2.17. The second-order valence-corrected chi connectivity index (χ2v) is 4.22. The summed E-state index contributed by atoms with van der Waals surface area (Å²) in [6, 6.07) is 0. The van der Waals surface area contributed by atoms with E-state index in [1.54, 1.807) is 0 Å². The van der Waals surface area contributed by atoms with Gasteiger partial charge in [-0.3, -0.25) is 0 Å².